The fourth-order valence-electron chi connectivity index (χ4n) is 1.72. The lowest BCUT2D eigenvalue weighted by atomic mass is 10.1. The molecule has 0 spiro atoms. The van der Waals surface area contributed by atoms with Crippen molar-refractivity contribution in [1.82, 2.24) is 4.72 Å². The molecule has 0 unspecified atom stereocenters. The lowest BCUT2D eigenvalue weighted by Gasteiger charge is -2.14. The number of benzene rings is 1. The van der Waals surface area contributed by atoms with Gasteiger partial charge in [-0.15, -0.1) is 0 Å². The number of hydrogen-bond acceptors (Lipinski definition) is 2. The molecule has 0 amide bonds. The monoisotopic (exact) mass is 335 g/mol. The van der Waals surface area contributed by atoms with Gasteiger partial charge in [-0.25, -0.2) is 17.5 Å². The smallest absolute Gasteiger partial charge is 0.211 e. The van der Waals surface area contributed by atoms with Gasteiger partial charge in [0, 0.05) is 11.9 Å². The summed E-state index contributed by atoms with van der Waals surface area (Å²) in [5.74, 6) is -0.539. The second-order valence-electron chi connectivity index (χ2n) is 4.87. The van der Waals surface area contributed by atoms with Crippen molar-refractivity contribution in [2.24, 2.45) is 5.41 Å². The van der Waals surface area contributed by atoms with Gasteiger partial charge in [-0.1, -0.05) is 22.0 Å². The maximum Gasteiger partial charge on any atom is 0.240 e. The summed E-state index contributed by atoms with van der Waals surface area (Å²) in [6.07, 6.45) is 2.03. The Kier molecular flexibility index (Phi) is 3.80. The van der Waals surface area contributed by atoms with E-state index >= 15 is 0 Å². The Hall–Kier alpha value is -0.460. The minimum atomic E-state index is -3.63. The van der Waals surface area contributed by atoms with Crippen LogP contribution in [0.25, 0.3) is 0 Å². The van der Waals surface area contributed by atoms with Crippen molar-refractivity contribution in [2.75, 3.05) is 11.9 Å². The average molecular weight is 336 g/mol. The van der Waals surface area contributed by atoms with Crippen LogP contribution in [-0.2, 0) is 10.0 Å². The van der Waals surface area contributed by atoms with Gasteiger partial charge >= 0.3 is 0 Å². The Bertz CT molecular complexity index is 555. The first-order chi connectivity index (χ1) is 8.38. The number of hydrogen-bond donors (Lipinski definition) is 1. The fraction of sp³-hybridized carbons (Fsp3) is 0.500. The molecule has 18 heavy (non-hydrogen) atoms. The van der Waals surface area contributed by atoms with E-state index in [1.54, 1.807) is 6.92 Å². The van der Waals surface area contributed by atoms with E-state index in [0.29, 0.717) is 12.1 Å². The van der Waals surface area contributed by atoms with Crippen LogP contribution in [-0.4, -0.2) is 20.3 Å². The molecular weight excluding hydrogens is 321 g/mol. The first-order valence-electron chi connectivity index (χ1n) is 5.70. The average Bonchev–Trinajstić information content (AvgIpc) is 3.11. The number of rotatable bonds is 5. The maximum absolute atomic E-state index is 13.1. The van der Waals surface area contributed by atoms with Gasteiger partial charge in [0.15, 0.2) is 0 Å². The molecular formula is C12H15BrFNO2S. The molecule has 0 aliphatic heterocycles. The van der Waals surface area contributed by atoms with E-state index in [9.17, 15) is 12.8 Å². The van der Waals surface area contributed by atoms with Crippen LogP contribution in [0.2, 0.25) is 0 Å². The van der Waals surface area contributed by atoms with Gasteiger partial charge in [-0.05, 0) is 42.9 Å². The Morgan fingerprint density at radius 1 is 1.44 bits per heavy atom. The van der Waals surface area contributed by atoms with Crippen molar-refractivity contribution in [1.29, 1.82) is 0 Å². The molecule has 0 bridgehead atoms. The van der Waals surface area contributed by atoms with Gasteiger partial charge in [-0.2, -0.15) is 0 Å². The molecule has 1 aliphatic rings. The van der Waals surface area contributed by atoms with Gasteiger partial charge in [0.05, 0.1) is 4.90 Å². The van der Waals surface area contributed by atoms with Crippen LogP contribution in [0.15, 0.2) is 23.1 Å². The summed E-state index contributed by atoms with van der Waals surface area (Å²) in [7, 11) is -3.63. The summed E-state index contributed by atoms with van der Waals surface area (Å²) in [6.45, 7) is 2.06. The van der Waals surface area contributed by atoms with Crippen LogP contribution in [0.4, 0.5) is 4.39 Å². The van der Waals surface area contributed by atoms with E-state index in [0.717, 1.165) is 24.2 Å². The molecule has 0 heterocycles. The van der Waals surface area contributed by atoms with Gasteiger partial charge in [0.2, 0.25) is 10.0 Å². The molecule has 100 valence electrons. The Labute approximate surface area is 115 Å². The molecule has 0 atom stereocenters. The molecule has 1 aromatic carbocycles. The molecule has 1 aromatic rings. The maximum atomic E-state index is 13.1. The van der Waals surface area contributed by atoms with E-state index < -0.39 is 15.8 Å². The highest BCUT2D eigenvalue weighted by molar-refractivity contribution is 9.09. The molecule has 0 radical (unpaired) electrons. The van der Waals surface area contributed by atoms with E-state index in [2.05, 4.69) is 20.7 Å². The zero-order valence-electron chi connectivity index (χ0n) is 10.0. The molecule has 2 rings (SSSR count). The Morgan fingerprint density at radius 3 is 2.67 bits per heavy atom. The first-order valence-corrected chi connectivity index (χ1v) is 8.31. The summed E-state index contributed by atoms with van der Waals surface area (Å²) < 4.78 is 39.9. The van der Waals surface area contributed by atoms with Crippen LogP contribution in [0.3, 0.4) is 0 Å². The number of nitrogens with one attached hydrogen (secondary N) is 1. The summed E-state index contributed by atoms with van der Waals surface area (Å²) >= 11 is 3.39. The van der Waals surface area contributed by atoms with Crippen LogP contribution in [0.5, 0.6) is 0 Å². The quantitative estimate of drug-likeness (QED) is 0.840. The zero-order valence-corrected chi connectivity index (χ0v) is 12.4. The van der Waals surface area contributed by atoms with Gasteiger partial charge in [-0.3, -0.25) is 0 Å². The number of halogens is 2. The summed E-state index contributed by atoms with van der Waals surface area (Å²) in [4.78, 5) is 0.0212. The van der Waals surface area contributed by atoms with Crippen molar-refractivity contribution in [3.63, 3.8) is 0 Å². The standard InChI is InChI=1S/C12H15BrFNO2S/c1-9-2-3-10(14)6-11(9)18(16,17)15-8-12(7-13)4-5-12/h2-3,6,15H,4-5,7-8H2,1H3. The molecule has 1 N–H and O–H groups in total. The van der Waals surface area contributed by atoms with Crippen LogP contribution >= 0.6 is 15.9 Å². The van der Waals surface area contributed by atoms with Crippen LogP contribution in [0, 0.1) is 18.2 Å². The largest absolute Gasteiger partial charge is 0.240 e. The van der Waals surface area contributed by atoms with Crippen molar-refractivity contribution < 1.29 is 12.8 Å². The third-order valence-electron chi connectivity index (χ3n) is 3.32. The van der Waals surface area contributed by atoms with Gasteiger partial charge < -0.3 is 0 Å². The second kappa shape index (κ2) is 4.90. The van der Waals surface area contributed by atoms with E-state index in [1.807, 2.05) is 0 Å². The summed E-state index contributed by atoms with van der Waals surface area (Å²) in [6, 6.07) is 3.79. The third-order valence-corrected chi connectivity index (χ3v) is 6.05. The first kappa shape index (κ1) is 14.0. The van der Waals surface area contributed by atoms with E-state index in [4.69, 9.17) is 0 Å². The second-order valence-corrected chi connectivity index (χ2v) is 7.16. The molecule has 1 saturated carbocycles. The van der Waals surface area contributed by atoms with E-state index in [1.165, 1.54) is 12.1 Å². The predicted octanol–water partition coefficient (Wildman–Crippen LogP) is 2.59. The fourth-order valence-corrected chi connectivity index (χ4v) is 3.89. The predicted molar refractivity (Wildman–Crippen MR) is 71.8 cm³/mol. The molecule has 0 saturated heterocycles. The van der Waals surface area contributed by atoms with Gasteiger partial charge in [0.25, 0.3) is 0 Å². The van der Waals surface area contributed by atoms with Crippen molar-refractivity contribution in [3.05, 3.63) is 29.6 Å². The van der Waals surface area contributed by atoms with Crippen molar-refractivity contribution >= 4 is 26.0 Å². The molecule has 1 aliphatic carbocycles. The molecule has 0 aromatic heterocycles. The topological polar surface area (TPSA) is 46.2 Å². The third kappa shape index (κ3) is 2.92. The van der Waals surface area contributed by atoms with Crippen molar-refractivity contribution in [2.45, 2.75) is 24.7 Å². The van der Waals surface area contributed by atoms with Crippen molar-refractivity contribution in [3.8, 4) is 0 Å². The van der Waals surface area contributed by atoms with Crippen LogP contribution < -0.4 is 4.72 Å². The highest BCUT2D eigenvalue weighted by Gasteiger charge is 2.42. The number of aryl methyl sites for hydroxylation is 1. The highest BCUT2D eigenvalue weighted by atomic mass is 79.9. The number of alkyl halides is 1. The Morgan fingerprint density at radius 2 is 2.11 bits per heavy atom. The van der Waals surface area contributed by atoms with Crippen LogP contribution in [0.1, 0.15) is 18.4 Å². The number of sulfonamides is 1. The Balaban J connectivity index is 2.18. The van der Waals surface area contributed by atoms with Gasteiger partial charge in [0.1, 0.15) is 5.82 Å². The highest BCUT2D eigenvalue weighted by Crippen LogP contribution is 2.46. The SMILES string of the molecule is Cc1ccc(F)cc1S(=O)(=O)NCC1(CBr)CC1. The lowest BCUT2D eigenvalue weighted by Crippen LogP contribution is -2.31. The minimum absolute atomic E-state index is 0.0212. The molecule has 1 fully saturated rings. The summed E-state index contributed by atoms with van der Waals surface area (Å²) in [5, 5.41) is 0.782. The molecule has 6 heteroatoms. The van der Waals surface area contributed by atoms with E-state index in [-0.39, 0.29) is 10.3 Å². The normalized spacial score (nSPS) is 17.7. The lowest BCUT2D eigenvalue weighted by molar-refractivity contribution is 0.536. The molecule has 3 nitrogen and oxygen atoms in total. The summed E-state index contributed by atoms with van der Waals surface area (Å²) in [5.41, 5.74) is 0.599. The minimum Gasteiger partial charge on any atom is -0.211 e. The zero-order chi connectivity index (χ0) is 13.4.